The maximum atomic E-state index is 12.6. The first kappa shape index (κ1) is 17.3. The first-order chi connectivity index (χ1) is 13.5. The molecule has 0 saturated carbocycles. The molecule has 0 saturated heterocycles. The molecule has 0 aliphatic rings. The number of aliphatic carboxylic acids is 1. The first-order valence-electron chi connectivity index (χ1n) is 8.35. The molecule has 10 heteroatoms. The Morgan fingerprint density at radius 3 is 2.89 bits per heavy atom. The summed E-state index contributed by atoms with van der Waals surface area (Å²) in [5.41, 5.74) is 2.67. The average molecular weight is 377 g/mol. The monoisotopic (exact) mass is 377 g/mol. The van der Waals surface area contributed by atoms with Gasteiger partial charge in [-0.15, -0.1) is 5.10 Å². The molecule has 4 rings (SSSR count). The van der Waals surface area contributed by atoms with Crippen LogP contribution in [0.15, 0.2) is 48.9 Å². The third-order valence-electron chi connectivity index (χ3n) is 4.15. The van der Waals surface area contributed by atoms with Gasteiger partial charge in [-0.05, 0) is 31.2 Å². The number of carbonyl (C=O) groups is 2. The van der Waals surface area contributed by atoms with Crippen LogP contribution in [0.3, 0.4) is 0 Å². The molecule has 3 aromatic heterocycles. The molecule has 0 spiro atoms. The van der Waals surface area contributed by atoms with Gasteiger partial charge < -0.3 is 10.4 Å². The number of anilines is 1. The Hall–Kier alpha value is -4.08. The SMILES string of the molecule is Cc1c(C(=O)Nc2cnn(CC(=O)O)c2)nnn1-c1cccc2ncccc12. The lowest BCUT2D eigenvalue weighted by Gasteiger charge is -2.07. The number of fused-ring (bicyclic) bond motifs is 1. The molecule has 0 bridgehead atoms. The maximum absolute atomic E-state index is 12.6. The fraction of sp³-hybridized carbons (Fsp3) is 0.111. The number of amides is 1. The molecule has 2 N–H and O–H groups in total. The van der Waals surface area contributed by atoms with Crippen LogP contribution in [-0.4, -0.2) is 46.7 Å². The number of rotatable bonds is 5. The topological polar surface area (TPSA) is 128 Å². The zero-order valence-electron chi connectivity index (χ0n) is 14.8. The molecule has 140 valence electrons. The Bertz CT molecular complexity index is 1190. The Kier molecular flexibility index (Phi) is 4.28. The fourth-order valence-electron chi connectivity index (χ4n) is 2.88. The minimum absolute atomic E-state index is 0.159. The van der Waals surface area contributed by atoms with Crippen molar-refractivity contribution in [2.75, 3.05) is 5.32 Å². The summed E-state index contributed by atoms with van der Waals surface area (Å²) < 4.78 is 2.80. The van der Waals surface area contributed by atoms with Gasteiger partial charge in [0.25, 0.3) is 5.91 Å². The number of benzene rings is 1. The van der Waals surface area contributed by atoms with Crippen LogP contribution in [0.5, 0.6) is 0 Å². The summed E-state index contributed by atoms with van der Waals surface area (Å²) in [5.74, 6) is -1.48. The van der Waals surface area contributed by atoms with Gasteiger partial charge in [0.15, 0.2) is 5.69 Å². The summed E-state index contributed by atoms with van der Waals surface area (Å²) in [6, 6.07) is 9.40. The average Bonchev–Trinajstić information content (AvgIpc) is 3.27. The molecule has 10 nitrogen and oxygen atoms in total. The molecule has 0 fully saturated rings. The number of nitrogens with one attached hydrogen (secondary N) is 1. The summed E-state index contributed by atoms with van der Waals surface area (Å²) in [4.78, 5) is 27.6. The highest BCUT2D eigenvalue weighted by Gasteiger charge is 2.19. The molecule has 0 aliphatic heterocycles. The van der Waals surface area contributed by atoms with Crippen molar-refractivity contribution in [1.82, 2.24) is 29.8 Å². The minimum atomic E-state index is -1.02. The van der Waals surface area contributed by atoms with E-state index in [2.05, 4.69) is 25.7 Å². The number of carbonyl (C=O) groups excluding carboxylic acids is 1. The van der Waals surface area contributed by atoms with E-state index < -0.39 is 11.9 Å². The van der Waals surface area contributed by atoms with Crippen molar-refractivity contribution in [3.05, 3.63) is 60.3 Å². The predicted octanol–water partition coefficient (Wildman–Crippen LogP) is 1.66. The summed E-state index contributed by atoms with van der Waals surface area (Å²) >= 11 is 0. The molecule has 0 aliphatic carbocycles. The lowest BCUT2D eigenvalue weighted by atomic mass is 10.2. The van der Waals surface area contributed by atoms with Crippen LogP contribution >= 0.6 is 0 Å². The van der Waals surface area contributed by atoms with Crippen molar-refractivity contribution >= 4 is 28.5 Å². The van der Waals surface area contributed by atoms with Gasteiger partial charge in [0.1, 0.15) is 6.54 Å². The Labute approximate surface area is 158 Å². The lowest BCUT2D eigenvalue weighted by Crippen LogP contribution is -2.14. The second-order valence-corrected chi connectivity index (χ2v) is 6.06. The molecule has 0 atom stereocenters. The van der Waals surface area contributed by atoms with E-state index in [9.17, 15) is 9.59 Å². The van der Waals surface area contributed by atoms with E-state index in [0.29, 0.717) is 11.4 Å². The van der Waals surface area contributed by atoms with E-state index in [4.69, 9.17) is 5.11 Å². The molecule has 3 heterocycles. The Morgan fingerprint density at radius 2 is 2.07 bits per heavy atom. The molecular formula is C18H15N7O3. The van der Waals surface area contributed by atoms with Crippen molar-refractivity contribution < 1.29 is 14.7 Å². The number of hydrogen-bond donors (Lipinski definition) is 2. The second kappa shape index (κ2) is 6.91. The summed E-state index contributed by atoms with van der Waals surface area (Å²) in [6.45, 7) is 1.46. The summed E-state index contributed by atoms with van der Waals surface area (Å²) in [5, 5.41) is 24.3. The van der Waals surface area contributed by atoms with Crippen LogP contribution in [0.1, 0.15) is 16.2 Å². The van der Waals surface area contributed by atoms with Crippen molar-refractivity contribution in [2.24, 2.45) is 0 Å². The second-order valence-electron chi connectivity index (χ2n) is 6.06. The molecule has 0 radical (unpaired) electrons. The maximum Gasteiger partial charge on any atom is 0.325 e. The highest BCUT2D eigenvalue weighted by Crippen LogP contribution is 2.22. The highest BCUT2D eigenvalue weighted by molar-refractivity contribution is 6.03. The molecule has 28 heavy (non-hydrogen) atoms. The van der Waals surface area contributed by atoms with Gasteiger partial charge in [0.2, 0.25) is 0 Å². The normalized spacial score (nSPS) is 10.9. The van der Waals surface area contributed by atoms with Crippen LogP contribution in [0.4, 0.5) is 5.69 Å². The zero-order valence-corrected chi connectivity index (χ0v) is 14.8. The minimum Gasteiger partial charge on any atom is -0.480 e. The third kappa shape index (κ3) is 3.18. The first-order valence-corrected chi connectivity index (χ1v) is 8.35. The molecule has 1 amide bonds. The van der Waals surface area contributed by atoms with E-state index in [1.165, 1.54) is 17.1 Å². The number of pyridine rings is 1. The lowest BCUT2D eigenvalue weighted by molar-refractivity contribution is -0.137. The van der Waals surface area contributed by atoms with Gasteiger partial charge in [0.05, 0.1) is 28.8 Å². The molecule has 4 aromatic rings. The van der Waals surface area contributed by atoms with E-state index in [1.54, 1.807) is 17.8 Å². The van der Waals surface area contributed by atoms with Crippen molar-refractivity contribution in [2.45, 2.75) is 13.5 Å². The van der Waals surface area contributed by atoms with Crippen LogP contribution in [0.2, 0.25) is 0 Å². The highest BCUT2D eigenvalue weighted by atomic mass is 16.4. The van der Waals surface area contributed by atoms with E-state index in [0.717, 1.165) is 16.6 Å². The number of carboxylic acid groups (broad SMARTS) is 1. The fourth-order valence-corrected chi connectivity index (χ4v) is 2.88. The number of carboxylic acids is 1. The van der Waals surface area contributed by atoms with Crippen molar-refractivity contribution in [3.8, 4) is 5.69 Å². The molecule has 0 unspecified atom stereocenters. The number of nitrogens with zero attached hydrogens (tertiary/aromatic N) is 6. The van der Waals surface area contributed by atoms with Crippen LogP contribution < -0.4 is 5.32 Å². The van der Waals surface area contributed by atoms with E-state index in [1.807, 2.05) is 30.3 Å². The number of hydrogen-bond acceptors (Lipinski definition) is 6. The zero-order chi connectivity index (χ0) is 19.7. The van der Waals surface area contributed by atoms with Gasteiger partial charge in [-0.2, -0.15) is 5.10 Å². The van der Waals surface area contributed by atoms with Crippen LogP contribution in [0.25, 0.3) is 16.6 Å². The predicted molar refractivity (Wildman–Crippen MR) is 99.2 cm³/mol. The Balaban J connectivity index is 1.62. The largest absolute Gasteiger partial charge is 0.480 e. The van der Waals surface area contributed by atoms with Crippen LogP contribution in [0, 0.1) is 6.92 Å². The summed E-state index contributed by atoms with van der Waals surface area (Å²) in [6.07, 6.45) is 4.52. The quantitative estimate of drug-likeness (QED) is 0.541. The smallest absolute Gasteiger partial charge is 0.325 e. The Morgan fingerprint density at radius 1 is 1.21 bits per heavy atom. The third-order valence-corrected chi connectivity index (χ3v) is 4.15. The standard InChI is InChI=1S/C18H15N7O3/c1-11-17(18(28)21-12-8-20-24(9-12)10-16(26)27)22-23-25(11)15-6-2-5-14-13(15)4-3-7-19-14/h2-9H,10H2,1H3,(H,21,28)(H,26,27). The van der Waals surface area contributed by atoms with E-state index >= 15 is 0 Å². The van der Waals surface area contributed by atoms with Gasteiger partial charge >= 0.3 is 5.97 Å². The van der Waals surface area contributed by atoms with E-state index in [-0.39, 0.29) is 12.2 Å². The summed E-state index contributed by atoms with van der Waals surface area (Å²) in [7, 11) is 0. The molecular weight excluding hydrogens is 362 g/mol. The van der Waals surface area contributed by atoms with Gasteiger partial charge in [-0.3, -0.25) is 19.3 Å². The number of aromatic nitrogens is 6. The van der Waals surface area contributed by atoms with Crippen molar-refractivity contribution in [3.63, 3.8) is 0 Å². The van der Waals surface area contributed by atoms with Crippen LogP contribution in [-0.2, 0) is 11.3 Å². The van der Waals surface area contributed by atoms with Gasteiger partial charge in [-0.25, -0.2) is 4.68 Å². The van der Waals surface area contributed by atoms with Gasteiger partial charge in [0, 0.05) is 17.8 Å². The van der Waals surface area contributed by atoms with Crippen molar-refractivity contribution in [1.29, 1.82) is 0 Å². The molecule has 1 aromatic carbocycles. The van der Waals surface area contributed by atoms with Gasteiger partial charge in [-0.1, -0.05) is 11.3 Å².